The van der Waals surface area contributed by atoms with Crippen LogP contribution in [0.2, 0.25) is 0 Å². The lowest BCUT2D eigenvalue weighted by Gasteiger charge is -2.38. The number of anilines is 1. The molecule has 1 aromatic rings. The van der Waals surface area contributed by atoms with E-state index in [-0.39, 0.29) is 82.7 Å². The van der Waals surface area contributed by atoms with E-state index >= 15 is 0 Å². The molecule has 18 nitrogen and oxygen atoms in total. The maximum Gasteiger partial charge on any atom is 0.335 e. The molecule has 6 N–H and O–H groups in total. The van der Waals surface area contributed by atoms with E-state index in [1.807, 2.05) is 0 Å². The highest BCUT2D eigenvalue weighted by Gasteiger charge is 2.47. The molecule has 5 atom stereocenters. The zero-order chi connectivity index (χ0) is 35.9. The molecule has 0 spiro atoms. The second-order valence-corrected chi connectivity index (χ2v) is 10.8. The van der Waals surface area contributed by atoms with Crippen LogP contribution in [0.4, 0.5) is 5.69 Å². The summed E-state index contributed by atoms with van der Waals surface area (Å²) in [5, 5.41) is 44.8. The van der Waals surface area contributed by atoms with E-state index in [4.69, 9.17) is 23.7 Å². The second kappa shape index (κ2) is 19.5. The number of carboxylic acid groups (broad SMARTS) is 1. The van der Waals surface area contributed by atoms with E-state index in [9.17, 15) is 49.2 Å². The highest BCUT2D eigenvalue weighted by Crippen LogP contribution is 2.29. The summed E-state index contributed by atoms with van der Waals surface area (Å²) in [5.41, 5.74) is 0.628. The number of carbonyl (C=O) groups excluding carboxylic acids is 5. The molecule has 2 aliphatic heterocycles. The van der Waals surface area contributed by atoms with Crippen molar-refractivity contribution in [2.45, 2.75) is 63.3 Å². The fraction of sp³-hybridized carbons (Fsp3) is 0.548. The van der Waals surface area contributed by atoms with Crippen molar-refractivity contribution in [2.24, 2.45) is 0 Å². The number of nitrogens with zero attached hydrogens (tertiary/aromatic N) is 1. The third-order valence-electron chi connectivity index (χ3n) is 7.24. The number of hydrogen-bond donors (Lipinski definition) is 6. The summed E-state index contributed by atoms with van der Waals surface area (Å²) >= 11 is 0. The smallest absolute Gasteiger partial charge is 0.335 e. The average molecular weight is 696 g/mol. The van der Waals surface area contributed by atoms with E-state index in [0.29, 0.717) is 5.56 Å². The van der Waals surface area contributed by atoms with Crippen LogP contribution in [0.3, 0.4) is 0 Å². The number of aliphatic hydroxyl groups excluding tert-OH is 3. The molecule has 0 aliphatic carbocycles. The Morgan fingerprint density at radius 3 is 2.27 bits per heavy atom. The van der Waals surface area contributed by atoms with Crippen molar-refractivity contribution in [3.05, 3.63) is 35.9 Å². The highest BCUT2D eigenvalue weighted by atomic mass is 16.6. The summed E-state index contributed by atoms with van der Waals surface area (Å²) in [6.07, 6.45) is -6.11. The second-order valence-electron chi connectivity index (χ2n) is 10.8. The molecule has 0 radical (unpaired) electrons. The van der Waals surface area contributed by atoms with E-state index < -0.39 is 66.8 Å². The van der Waals surface area contributed by atoms with Crippen molar-refractivity contribution in [1.82, 2.24) is 10.2 Å². The number of imide groups is 1. The molecular formula is C31H41N3O15. The maximum atomic E-state index is 12.8. The van der Waals surface area contributed by atoms with Gasteiger partial charge in [0.2, 0.25) is 11.8 Å². The first kappa shape index (κ1) is 39.0. The highest BCUT2D eigenvalue weighted by molar-refractivity contribution is 6.12. The van der Waals surface area contributed by atoms with Crippen LogP contribution < -0.4 is 15.4 Å². The largest absolute Gasteiger partial charge is 0.489 e. The van der Waals surface area contributed by atoms with Crippen molar-refractivity contribution in [3.8, 4) is 5.75 Å². The lowest BCUT2D eigenvalue weighted by Crippen LogP contribution is -2.61. The Kier molecular flexibility index (Phi) is 15.5. The SMILES string of the molecule is CCC(=O)OCc1ccc(OC[C@@H]2O[C@H](C(=O)O)[C@@H](O)C(O)[C@H]2O)c(NC(=O)CCNC(=O)CCOCCOCCN2C(=O)C=CC2=O)c1. The number of esters is 1. The van der Waals surface area contributed by atoms with Gasteiger partial charge < -0.3 is 54.7 Å². The summed E-state index contributed by atoms with van der Waals surface area (Å²) in [7, 11) is 0. The normalized spacial score (nSPS) is 21.8. The number of rotatable bonds is 20. The molecule has 4 amide bonds. The van der Waals surface area contributed by atoms with Crippen LogP contribution >= 0.6 is 0 Å². The Morgan fingerprint density at radius 1 is 0.898 bits per heavy atom. The minimum absolute atomic E-state index is 0.0144. The summed E-state index contributed by atoms with van der Waals surface area (Å²) in [4.78, 5) is 71.9. The molecule has 0 aromatic heterocycles. The van der Waals surface area contributed by atoms with Crippen LogP contribution in [0.5, 0.6) is 5.75 Å². The topological polar surface area (TPSA) is 257 Å². The summed E-state index contributed by atoms with van der Waals surface area (Å²) in [6, 6.07) is 4.48. The van der Waals surface area contributed by atoms with Crippen LogP contribution in [-0.2, 0) is 54.3 Å². The Labute approximate surface area is 280 Å². The molecule has 49 heavy (non-hydrogen) atoms. The number of hydrogen-bond acceptors (Lipinski definition) is 14. The summed E-state index contributed by atoms with van der Waals surface area (Å²) < 4.78 is 26.7. The predicted molar refractivity (Wildman–Crippen MR) is 165 cm³/mol. The van der Waals surface area contributed by atoms with Gasteiger partial charge >= 0.3 is 11.9 Å². The third-order valence-corrected chi connectivity index (χ3v) is 7.24. The van der Waals surface area contributed by atoms with Gasteiger partial charge in [-0.1, -0.05) is 13.0 Å². The van der Waals surface area contributed by atoms with Gasteiger partial charge in [-0.3, -0.25) is 28.9 Å². The van der Waals surface area contributed by atoms with Gasteiger partial charge in [0.1, 0.15) is 43.4 Å². The number of carboxylic acids is 1. The lowest BCUT2D eigenvalue weighted by molar-refractivity contribution is -0.231. The fourth-order valence-electron chi connectivity index (χ4n) is 4.53. The Hall–Kier alpha value is -4.46. The number of aliphatic hydroxyl groups is 3. The minimum Gasteiger partial charge on any atom is -0.489 e. The zero-order valence-corrected chi connectivity index (χ0v) is 26.8. The van der Waals surface area contributed by atoms with Crippen LogP contribution in [0.15, 0.2) is 30.4 Å². The van der Waals surface area contributed by atoms with E-state index in [2.05, 4.69) is 10.6 Å². The molecule has 2 heterocycles. The number of ether oxygens (including phenoxy) is 5. The van der Waals surface area contributed by atoms with E-state index in [0.717, 1.165) is 4.90 Å². The first-order chi connectivity index (χ1) is 23.4. The quantitative estimate of drug-likeness (QED) is 0.0502. The molecule has 0 bridgehead atoms. The van der Waals surface area contributed by atoms with Crippen LogP contribution in [-0.4, -0.2) is 138 Å². The minimum atomic E-state index is -1.87. The molecule has 3 rings (SSSR count). The van der Waals surface area contributed by atoms with E-state index in [1.54, 1.807) is 13.0 Å². The molecule has 1 unspecified atom stereocenters. The third kappa shape index (κ3) is 12.2. The standard InChI is InChI=1S/C31H41N3O15/c1-2-26(39)48-16-18-3-4-20(47-17-21-27(40)28(41)29(42)30(49-21)31(43)44)19(15-18)33-23(36)7-9-32-22(35)8-11-45-13-14-46-12-10-34-24(37)5-6-25(34)38/h3-6,15,21,27-30,40-42H,2,7-14,16-17H2,1H3,(H,32,35)(H,33,36)(H,43,44)/t21-,27-,28?,29-,30-/m0/s1. The Balaban J connectivity index is 1.43. The summed E-state index contributed by atoms with van der Waals surface area (Å²) in [5.74, 6) is -3.59. The van der Waals surface area contributed by atoms with Crippen LogP contribution in [0.25, 0.3) is 0 Å². The Morgan fingerprint density at radius 2 is 1.59 bits per heavy atom. The maximum absolute atomic E-state index is 12.8. The van der Waals surface area contributed by atoms with Gasteiger partial charge in [0.25, 0.3) is 11.8 Å². The molecule has 18 heteroatoms. The van der Waals surface area contributed by atoms with Gasteiger partial charge in [0.15, 0.2) is 6.10 Å². The fourth-order valence-corrected chi connectivity index (χ4v) is 4.53. The molecule has 1 saturated heterocycles. The van der Waals surface area contributed by atoms with Gasteiger partial charge in [0, 0.05) is 38.0 Å². The van der Waals surface area contributed by atoms with E-state index in [1.165, 1.54) is 24.3 Å². The first-order valence-electron chi connectivity index (χ1n) is 15.5. The number of amides is 4. The van der Waals surface area contributed by atoms with Gasteiger partial charge in [-0.25, -0.2) is 4.79 Å². The lowest BCUT2D eigenvalue weighted by atomic mass is 9.95. The van der Waals surface area contributed by atoms with Crippen molar-refractivity contribution in [1.29, 1.82) is 0 Å². The van der Waals surface area contributed by atoms with Crippen molar-refractivity contribution in [2.75, 3.05) is 51.4 Å². The van der Waals surface area contributed by atoms with Crippen LogP contribution in [0, 0.1) is 0 Å². The molecule has 1 fully saturated rings. The zero-order valence-electron chi connectivity index (χ0n) is 26.8. The Bertz CT molecular complexity index is 1350. The number of benzene rings is 1. The van der Waals surface area contributed by atoms with Crippen LogP contribution in [0.1, 0.15) is 31.7 Å². The average Bonchev–Trinajstić information content (AvgIpc) is 3.39. The number of carbonyl (C=O) groups is 6. The molecule has 1 aromatic carbocycles. The van der Waals surface area contributed by atoms with Crippen molar-refractivity contribution in [3.63, 3.8) is 0 Å². The molecule has 2 aliphatic rings. The van der Waals surface area contributed by atoms with Gasteiger partial charge in [-0.05, 0) is 17.7 Å². The van der Waals surface area contributed by atoms with Gasteiger partial charge in [-0.2, -0.15) is 0 Å². The first-order valence-corrected chi connectivity index (χ1v) is 15.5. The molecular weight excluding hydrogens is 654 g/mol. The predicted octanol–water partition coefficient (Wildman–Crippen LogP) is -1.75. The number of aliphatic carboxylic acids is 1. The van der Waals surface area contributed by atoms with Gasteiger partial charge in [-0.15, -0.1) is 0 Å². The van der Waals surface area contributed by atoms with Gasteiger partial charge in [0.05, 0.1) is 38.7 Å². The van der Waals surface area contributed by atoms with Crippen molar-refractivity contribution < 1.29 is 72.9 Å². The monoisotopic (exact) mass is 695 g/mol. The van der Waals surface area contributed by atoms with Crippen molar-refractivity contribution >= 4 is 41.3 Å². The summed E-state index contributed by atoms with van der Waals surface area (Å²) in [6.45, 7) is 1.79. The molecule has 270 valence electrons. The molecule has 0 saturated carbocycles. The number of nitrogens with one attached hydrogen (secondary N) is 2.